The van der Waals surface area contributed by atoms with Crippen LogP contribution in [0.25, 0.3) is 0 Å². The van der Waals surface area contributed by atoms with Crippen LogP contribution in [0.2, 0.25) is 5.15 Å². The minimum atomic E-state index is -5.39. The van der Waals surface area contributed by atoms with Gasteiger partial charge in [0.2, 0.25) is 17.7 Å². The molecule has 3 rings (SSSR count). The highest BCUT2D eigenvalue weighted by Crippen LogP contribution is 2.29. The highest BCUT2D eigenvalue weighted by molar-refractivity contribution is 6.30. The SMILES string of the molecule is Cc1c(Cl)nc(N(CC(c2ccccc2)c2ccccc2)OC(=O)C(F)(F)F)c(=O)n1CC(=O)NCCON=C(N)N. The molecule has 0 fully saturated rings. The Morgan fingerprint density at radius 1 is 1.10 bits per heavy atom. The number of oxime groups is 1. The number of nitrogens with one attached hydrogen (secondary N) is 1. The lowest BCUT2D eigenvalue weighted by Gasteiger charge is -2.28. The number of nitrogens with zero attached hydrogens (tertiary/aromatic N) is 4. The molecule has 12 nitrogen and oxygen atoms in total. The Morgan fingerprint density at radius 3 is 2.19 bits per heavy atom. The van der Waals surface area contributed by atoms with E-state index in [1.165, 1.54) is 6.92 Å². The smallest absolute Gasteiger partial charge is 0.391 e. The molecule has 0 atom stereocenters. The van der Waals surface area contributed by atoms with Gasteiger partial charge in [-0.2, -0.15) is 18.2 Å². The van der Waals surface area contributed by atoms with E-state index in [0.717, 1.165) is 4.57 Å². The number of hydrogen-bond donors (Lipinski definition) is 3. The summed E-state index contributed by atoms with van der Waals surface area (Å²) >= 11 is 6.24. The summed E-state index contributed by atoms with van der Waals surface area (Å²) in [6.45, 7) is 0.204. The van der Waals surface area contributed by atoms with Crippen molar-refractivity contribution in [1.29, 1.82) is 0 Å². The van der Waals surface area contributed by atoms with Crippen LogP contribution in [0.5, 0.6) is 0 Å². The molecule has 0 aliphatic heterocycles. The zero-order chi connectivity index (χ0) is 30.9. The number of guanidine groups is 1. The molecule has 1 amide bonds. The average molecular weight is 610 g/mol. The van der Waals surface area contributed by atoms with Crippen LogP contribution in [-0.4, -0.2) is 53.3 Å². The van der Waals surface area contributed by atoms with Gasteiger partial charge in [0.1, 0.15) is 13.2 Å². The van der Waals surface area contributed by atoms with Gasteiger partial charge in [-0.25, -0.2) is 9.78 Å². The van der Waals surface area contributed by atoms with Crippen LogP contribution in [0.3, 0.4) is 0 Å². The van der Waals surface area contributed by atoms with Crippen molar-refractivity contribution in [3.05, 3.63) is 93.0 Å². The molecule has 0 saturated carbocycles. The van der Waals surface area contributed by atoms with E-state index in [9.17, 15) is 27.6 Å². The van der Waals surface area contributed by atoms with E-state index in [0.29, 0.717) is 16.2 Å². The van der Waals surface area contributed by atoms with E-state index >= 15 is 0 Å². The van der Waals surface area contributed by atoms with Crippen molar-refractivity contribution in [2.24, 2.45) is 16.6 Å². The second-order valence-electron chi connectivity index (χ2n) is 8.71. The van der Waals surface area contributed by atoms with Gasteiger partial charge >= 0.3 is 12.1 Å². The van der Waals surface area contributed by atoms with Crippen LogP contribution in [0.4, 0.5) is 19.0 Å². The Balaban J connectivity index is 2.00. The number of anilines is 1. The molecule has 42 heavy (non-hydrogen) atoms. The number of carbonyl (C=O) groups is 2. The maximum absolute atomic E-state index is 13.5. The molecule has 5 N–H and O–H groups in total. The van der Waals surface area contributed by atoms with Crippen LogP contribution in [0.1, 0.15) is 22.7 Å². The summed E-state index contributed by atoms with van der Waals surface area (Å²) in [5.74, 6) is -4.99. The summed E-state index contributed by atoms with van der Waals surface area (Å²) in [5, 5.41) is 5.91. The Morgan fingerprint density at radius 2 is 1.67 bits per heavy atom. The lowest BCUT2D eigenvalue weighted by molar-refractivity contribution is -0.201. The molecule has 1 heterocycles. The molecular formula is C26H27ClF3N7O5. The summed E-state index contributed by atoms with van der Waals surface area (Å²) in [6.07, 6.45) is -5.39. The summed E-state index contributed by atoms with van der Waals surface area (Å²) in [6, 6.07) is 17.4. The van der Waals surface area contributed by atoms with Crippen molar-refractivity contribution in [2.45, 2.75) is 25.6 Å². The van der Waals surface area contributed by atoms with E-state index < -0.39 is 48.4 Å². The summed E-state index contributed by atoms with van der Waals surface area (Å²) in [5.41, 5.74) is 10.6. The number of amides is 1. The number of aromatic nitrogens is 2. The first kappa shape index (κ1) is 31.7. The predicted octanol–water partition coefficient (Wildman–Crippen LogP) is 2.19. The van der Waals surface area contributed by atoms with Crippen LogP contribution in [0.15, 0.2) is 70.6 Å². The van der Waals surface area contributed by atoms with E-state index in [1.54, 1.807) is 60.7 Å². The fraction of sp³-hybridized carbons (Fsp3) is 0.269. The van der Waals surface area contributed by atoms with Crippen molar-refractivity contribution in [3.63, 3.8) is 0 Å². The van der Waals surface area contributed by atoms with E-state index in [1.807, 2.05) is 0 Å². The van der Waals surface area contributed by atoms with Gasteiger partial charge in [0, 0.05) is 5.92 Å². The van der Waals surface area contributed by atoms with Crippen LogP contribution in [0, 0.1) is 6.92 Å². The molecule has 0 unspecified atom stereocenters. The number of alkyl halides is 3. The highest BCUT2D eigenvalue weighted by atomic mass is 35.5. The summed E-state index contributed by atoms with van der Waals surface area (Å²) in [4.78, 5) is 51.5. The predicted molar refractivity (Wildman–Crippen MR) is 147 cm³/mol. The van der Waals surface area contributed by atoms with Gasteiger partial charge in [0.25, 0.3) is 5.56 Å². The molecule has 0 aliphatic rings. The monoisotopic (exact) mass is 609 g/mol. The van der Waals surface area contributed by atoms with Crippen molar-refractivity contribution in [3.8, 4) is 0 Å². The number of halogens is 4. The number of carbonyl (C=O) groups excluding carboxylic acids is 2. The Labute approximate surface area is 242 Å². The van der Waals surface area contributed by atoms with Crippen molar-refractivity contribution in [2.75, 3.05) is 24.8 Å². The lowest BCUT2D eigenvalue weighted by Crippen LogP contribution is -2.43. The summed E-state index contributed by atoms with van der Waals surface area (Å²) in [7, 11) is 0. The van der Waals surface area contributed by atoms with Gasteiger partial charge in [-0.1, -0.05) is 72.3 Å². The molecule has 224 valence electrons. The standard InChI is InChI=1S/C26H27ClF3N7O5/c1-16-21(27)34-22(23(39)36(16)15-20(38)33-12-13-41-35-25(31)32)37(42-24(40)26(28,29)30)14-19(17-8-4-2-5-9-17)18-10-6-3-7-11-18/h2-11,19H,12-15H2,1H3,(H,33,38)(H4,31,32,35). The Hall–Kier alpha value is -4.79. The normalized spacial score (nSPS) is 11.1. The van der Waals surface area contributed by atoms with Crippen molar-refractivity contribution >= 4 is 35.3 Å². The highest BCUT2D eigenvalue weighted by Gasteiger charge is 2.43. The maximum Gasteiger partial charge on any atom is 0.493 e. The lowest BCUT2D eigenvalue weighted by atomic mass is 9.91. The number of nitrogens with two attached hydrogens (primary N) is 2. The zero-order valence-corrected chi connectivity index (χ0v) is 22.9. The number of hydroxylamine groups is 1. The first-order valence-corrected chi connectivity index (χ1v) is 12.7. The zero-order valence-electron chi connectivity index (χ0n) is 22.2. The Kier molecular flexibility index (Phi) is 10.7. The van der Waals surface area contributed by atoms with Crippen LogP contribution >= 0.6 is 11.6 Å². The molecule has 0 aliphatic carbocycles. The molecular weight excluding hydrogens is 583 g/mol. The molecule has 1 aromatic heterocycles. The number of rotatable bonds is 12. The van der Waals surface area contributed by atoms with E-state index in [-0.39, 0.29) is 30.0 Å². The van der Waals surface area contributed by atoms with Gasteiger partial charge in [-0.15, -0.1) is 0 Å². The second kappa shape index (κ2) is 14.2. The fourth-order valence-electron chi connectivity index (χ4n) is 3.77. The third kappa shape index (κ3) is 8.60. The maximum atomic E-state index is 13.5. The van der Waals surface area contributed by atoms with Crippen molar-refractivity contribution in [1.82, 2.24) is 14.9 Å². The quantitative estimate of drug-likeness (QED) is 0.121. The molecule has 0 spiro atoms. The van der Waals surface area contributed by atoms with Gasteiger partial charge in [-0.3, -0.25) is 14.2 Å². The minimum absolute atomic E-state index is 0.0414. The van der Waals surface area contributed by atoms with E-state index in [2.05, 4.69) is 15.5 Å². The number of benzene rings is 2. The first-order chi connectivity index (χ1) is 19.9. The molecule has 3 aromatic rings. The van der Waals surface area contributed by atoms with Crippen LogP contribution < -0.4 is 27.4 Å². The largest absolute Gasteiger partial charge is 0.493 e. The van der Waals surface area contributed by atoms with Crippen molar-refractivity contribution < 1.29 is 32.4 Å². The third-order valence-electron chi connectivity index (χ3n) is 5.74. The molecule has 2 aromatic carbocycles. The van der Waals surface area contributed by atoms with Crippen LogP contribution in [-0.2, 0) is 25.8 Å². The van der Waals surface area contributed by atoms with E-state index in [4.69, 9.17) is 32.7 Å². The van der Waals surface area contributed by atoms with Gasteiger partial charge in [0.05, 0.1) is 18.8 Å². The Bertz CT molecular complexity index is 1430. The molecule has 0 saturated heterocycles. The molecule has 0 radical (unpaired) electrons. The number of hydrogen-bond acceptors (Lipinski definition) is 8. The molecule has 0 bridgehead atoms. The summed E-state index contributed by atoms with van der Waals surface area (Å²) < 4.78 is 40.8. The first-order valence-electron chi connectivity index (χ1n) is 12.3. The van der Waals surface area contributed by atoms with Gasteiger partial charge < -0.3 is 26.5 Å². The third-order valence-corrected chi connectivity index (χ3v) is 6.10. The average Bonchev–Trinajstić information content (AvgIpc) is 2.95. The second-order valence-corrected chi connectivity index (χ2v) is 9.07. The van der Waals surface area contributed by atoms with Gasteiger partial charge in [0.15, 0.2) is 5.15 Å². The topological polar surface area (TPSA) is 167 Å². The van der Waals surface area contributed by atoms with Gasteiger partial charge in [-0.05, 0) is 23.2 Å². The fourth-order valence-corrected chi connectivity index (χ4v) is 3.96. The minimum Gasteiger partial charge on any atom is -0.391 e. The molecule has 16 heteroatoms.